The lowest BCUT2D eigenvalue weighted by Crippen LogP contribution is -2.11. The number of carbonyl (C=O) groups excluding carboxylic acids is 1. The van der Waals surface area contributed by atoms with Crippen molar-refractivity contribution in [3.63, 3.8) is 0 Å². The summed E-state index contributed by atoms with van der Waals surface area (Å²) in [6, 6.07) is 14.5. The van der Waals surface area contributed by atoms with Crippen LogP contribution in [0.1, 0.15) is 32.6 Å². The SMILES string of the molecule is COC(=O)c1ccc([C@H](C[N+](=O)[O-])Sc2nnc(C)n2-c2ccc(C)cc2)cc1. The van der Waals surface area contributed by atoms with E-state index in [-0.39, 0.29) is 11.5 Å². The highest BCUT2D eigenvalue weighted by atomic mass is 32.2. The molecule has 0 aliphatic carbocycles. The first-order chi connectivity index (χ1) is 13.9. The van der Waals surface area contributed by atoms with Gasteiger partial charge >= 0.3 is 5.97 Å². The first kappa shape index (κ1) is 20.5. The van der Waals surface area contributed by atoms with Crippen molar-refractivity contribution < 1.29 is 14.5 Å². The molecular weight excluding hydrogens is 392 g/mol. The van der Waals surface area contributed by atoms with Crippen molar-refractivity contribution in [1.29, 1.82) is 0 Å². The van der Waals surface area contributed by atoms with E-state index >= 15 is 0 Å². The zero-order chi connectivity index (χ0) is 21.0. The molecule has 0 N–H and O–H groups in total. The quantitative estimate of drug-likeness (QED) is 0.252. The highest BCUT2D eigenvalue weighted by molar-refractivity contribution is 7.99. The van der Waals surface area contributed by atoms with Crippen LogP contribution in [0.2, 0.25) is 0 Å². The van der Waals surface area contributed by atoms with Crippen molar-refractivity contribution in [3.8, 4) is 5.69 Å². The van der Waals surface area contributed by atoms with Crippen LogP contribution in [0.15, 0.2) is 53.7 Å². The van der Waals surface area contributed by atoms with E-state index < -0.39 is 11.2 Å². The summed E-state index contributed by atoms with van der Waals surface area (Å²) in [5.41, 5.74) is 3.13. The van der Waals surface area contributed by atoms with Gasteiger partial charge in [-0.25, -0.2) is 4.79 Å². The van der Waals surface area contributed by atoms with Crippen LogP contribution < -0.4 is 0 Å². The monoisotopic (exact) mass is 412 g/mol. The number of carbonyl (C=O) groups is 1. The van der Waals surface area contributed by atoms with Crippen molar-refractivity contribution in [2.75, 3.05) is 13.7 Å². The van der Waals surface area contributed by atoms with E-state index in [0.29, 0.717) is 16.5 Å². The minimum Gasteiger partial charge on any atom is -0.465 e. The number of nitrogens with zero attached hydrogens (tertiary/aromatic N) is 4. The van der Waals surface area contributed by atoms with Gasteiger partial charge in [0.25, 0.3) is 0 Å². The number of hydrogen-bond donors (Lipinski definition) is 0. The second-order valence-corrected chi connectivity index (χ2v) is 7.61. The third-order valence-electron chi connectivity index (χ3n) is 4.35. The maximum Gasteiger partial charge on any atom is 0.337 e. The van der Waals surface area contributed by atoms with Crippen molar-refractivity contribution in [2.45, 2.75) is 24.3 Å². The number of ether oxygens (including phenoxy) is 1. The van der Waals surface area contributed by atoms with Crippen molar-refractivity contribution >= 4 is 17.7 Å². The standard InChI is InChI=1S/C20H20N4O4S/c1-13-4-10-17(11-5-13)24-14(2)21-22-20(24)29-18(12-23(26)27)15-6-8-16(9-7-15)19(25)28-3/h4-11,18H,12H2,1-3H3/t18-/m0/s1. The molecule has 0 radical (unpaired) electrons. The van der Waals surface area contributed by atoms with Gasteiger partial charge in [0.2, 0.25) is 6.54 Å². The Morgan fingerprint density at radius 1 is 1.14 bits per heavy atom. The zero-order valence-electron chi connectivity index (χ0n) is 16.2. The number of nitro groups is 1. The normalized spacial score (nSPS) is 11.8. The molecule has 0 fully saturated rings. The van der Waals surface area contributed by atoms with Crippen LogP contribution in [0.4, 0.5) is 0 Å². The molecule has 2 aromatic carbocycles. The van der Waals surface area contributed by atoms with Gasteiger partial charge in [0, 0.05) is 10.6 Å². The predicted octanol–water partition coefficient (Wildman–Crippen LogP) is 3.78. The van der Waals surface area contributed by atoms with Crippen LogP contribution in [-0.4, -0.2) is 39.3 Å². The van der Waals surface area contributed by atoms with Gasteiger partial charge in [-0.2, -0.15) is 0 Å². The topological polar surface area (TPSA) is 100 Å². The summed E-state index contributed by atoms with van der Waals surface area (Å²) >= 11 is 1.27. The fourth-order valence-electron chi connectivity index (χ4n) is 2.84. The molecule has 29 heavy (non-hydrogen) atoms. The van der Waals surface area contributed by atoms with E-state index in [9.17, 15) is 14.9 Å². The van der Waals surface area contributed by atoms with Crippen LogP contribution in [-0.2, 0) is 4.74 Å². The first-order valence-electron chi connectivity index (χ1n) is 8.85. The van der Waals surface area contributed by atoms with Crippen LogP contribution in [0.3, 0.4) is 0 Å². The molecule has 0 bridgehead atoms. The zero-order valence-corrected chi connectivity index (χ0v) is 17.0. The summed E-state index contributed by atoms with van der Waals surface area (Å²) < 4.78 is 6.57. The predicted molar refractivity (Wildman–Crippen MR) is 109 cm³/mol. The first-order valence-corrected chi connectivity index (χ1v) is 9.73. The molecular formula is C20H20N4O4S. The van der Waals surface area contributed by atoms with Crippen LogP contribution in [0.25, 0.3) is 5.69 Å². The summed E-state index contributed by atoms with van der Waals surface area (Å²) in [7, 11) is 1.31. The van der Waals surface area contributed by atoms with Crippen LogP contribution in [0, 0.1) is 24.0 Å². The molecule has 1 aromatic heterocycles. The molecule has 1 atom stereocenters. The van der Waals surface area contributed by atoms with Gasteiger partial charge in [0.05, 0.1) is 12.7 Å². The Hall–Kier alpha value is -3.20. The molecule has 0 amide bonds. The molecule has 3 aromatic rings. The molecule has 0 unspecified atom stereocenters. The highest BCUT2D eigenvalue weighted by Gasteiger charge is 2.24. The lowest BCUT2D eigenvalue weighted by molar-refractivity contribution is -0.479. The number of methoxy groups -OCH3 is 1. The molecule has 3 rings (SSSR count). The van der Waals surface area contributed by atoms with Crippen molar-refractivity contribution in [3.05, 3.63) is 81.2 Å². The van der Waals surface area contributed by atoms with Gasteiger partial charge in [-0.05, 0) is 43.7 Å². The molecule has 0 saturated heterocycles. The van der Waals surface area contributed by atoms with E-state index in [2.05, 4.69) is 10.2 Å². The summed E-state index contributed by atoms with van der Waals surface area (Å²) in [4.78, 5) is 22.5. The molecule has 0 aliphatic heterocycles. The summed E-state index contributed by atoms with van der Waals surface area (Å²) in [6.07, 6.45) is 0. The Kier molecular flexibility index (Phi) is 6.28. The minimum absolute atomic E-state index is 0.290. The average molecular weight is 412 g/mol. The maximum absolute atomic E-state index is 11.6. The summed E-state index contributed by atoms with van der Waals surface area (Å²) in [5, 5.41) is 19.7. The van der Waals surface area contributed by atoms with Gasteiger partial charge in [-0.15, -0.1) is 10.2 Å². The molecule has 9 heteroatoms. The maximum atomic E-state index is 11.6. The van der Waals surface area contributed by atoms with E-state index in [1.165, 1.54) is 18.9 Å². The Labute approximate surface area is 172 Å². The third-order valence-corrected chi connectivity index (χ3v) is 5.53. The van der Waals surface area contributed by atoms with E-state index in [0.717, 1.165) is 16.8 Å². The fourth-order valence-corrected chi connectivity index (χ4v) is 4.01. The number of esters is 1. The summed E-state index contributed by atoms with van der Waals surface area (Å²) in [5.74, 6) is 0.238. The van der Waals surface area contributed by atoms with Crippen molar-refractivity contribution in [1.82, 2.24) is 14.8 Å². The van der Waals surface area contributed by atoms with Gasteiger partial charge < -0.3 is 4.74 Å². The molecule has 150 valence electrons. The Morgan fingerprint density at radius 3 is 2.38 bits per heavy atom. The number of hydrogen-bond acceptors (Lipinski definition) is 7. The smallest absolute Gasteiger partial charge is 0.337 e. The van der Waals surface area contributed by atoms with Crippen LogP contribution >= 0.6 is 11.8 Å². The third kappa shape index (κ3) is 4.80. The van der Waals surface area contributed by atoms with Crippen LogP contribution in [0.5, 0.6) is 0 Å². The largest absolute Gasteiger partial charge is 0.465 e. The van der Waals surface area contributed by atoms with E-state index in [1.807, 2.05) is 42.7 Å². The Bertz CT molecular complexity index is 1020. The summed E-state index contributed by atoms with van der Waals surface area (Å²) in [6.45, 7) is 3.55. The molecule has 0 aliphatic rings. The molecule has 8 nitrogen and oxygen atoms in total. The van der Waals surface area contributed by atoms with Gasteiger partial charge in [0.15, 0.2) is 5.16 Å². The van der Waals surface area contributed by atoms with Gasteiger partial charge in [0.1, 0.15) is 11.1 Å². The molecule has 0 spiro atoms. The fraction of sp³-hybridized carbons (Fsp3) is 0.250. The highest BCUT2D eigenvalue weighted by Crippen LogP contribution is 2.36. The lowest BCUT2D eigenvalue weighted by Gasteiger charge is -2.14. The van der Waals surface area contributed by atoms with E-state index in [4.69, 9.17) is 4.74 Å². The lowest BCUT2D eigenvalue weighted by atomic mass is 10.1. The molecule has 0 saturated carbocycles. The van der Waals surface area contributed by atoms with Gasteiger partial charge in [-0.3, -0.25) is 14.7 Å². The van der Waals surface area contributed by atoms with E-state index in [1.54, 1.807) is 24.3 Å². The van der Waals surface area contributed by atoms with Gasteiger partial charge in [-0.1, -0.05) is 41.6 Å². The minimum atomic E-state index is -0.496. The molecule has 1 heterocycles. The number of aromatic nitrogens is 3. The second-order valence-electron chi connectivity index (χ2n) is 6.44. The number of aryl methyl sites for hydroxylation is 2. The second kappa shape index (κ2) is 8.87. The number of benzene rings is 2. The average Bonchev–Trinajstić information content (AvgIpc) is 3.07. The van der Waals surface area contributed by atoms with Crippen molar-refractivity contribution in [2.24, 2.45) is 0 Å². The number of rotatable bonds is 7. The Balaban J connectivity index is 1.93. The number of thioether (sulfide) groups is 1. The Morgan fingerprint density at radius 2 is 1.79 bits per heavy atom.